The van der Waals surface area contributed by atoms with Gasteiger partial charge >= 0.3 is 0 Å². The van der Waals surface area contributed by atoms with E-state index in [0.29, 0.717) is 24.4 Å². The number of hydrogen-bond acceptors (Lipinski definition) is 7. The van der Waals surface area contributed by atoms with Gasteiger partial charge in [-0.25, -0.2) is 0 Å². The summed E-state index contributed by atoms with van der Waals surface area (Å²) in [4.78, 5) is 15.5. The molecule has 1 aliphatic heterocycles. The number of hydrogen-bond donors (Lipinski definition) is 3. The van der Waals surface area contributed by atoms with E-state index in [9.17, 15) is 5.11 Å². The van der Waals surface area contributed by atoms with Crippen LogP contribution in [0.5, 0.6) is 0 Å². The summed E-state index contributed by atoms with van der Waals surface area (Å²) < 4.78 is 0. The second-order valence-corrected chi connectivity index (χ2v) is 6.03. The first kappa shape index (κ1) is 15.8. The third-order valence-corrected chi connectivity index (χ3v) is 3.28. The fraction of sp³-hybridized carbons (Fsp3) is 0.786. The molecule has 0 saturated carbocycles. The van der Waals surface area contributed by atoms with Gasteiger partial charge < -0.3 is 20.6 Å². The van der Waals surface area contributed by atoms with Crippen molar-refractivity contribution in [2.75, 3.05) is 41.7 Å². The van der Waals surface area contributed by atoms with Crippen molar-refractivity contribution in [2.24, 2.45) is 0 Å². The molecule has 0 radical (unpaired) electrons. The highest BCUT2D eigenvalue weighted by atomic mass is 16.3. The fourth-order valence-corrected chi connectivity index (χ4v) is 2.21. The van der Waals surface area contributed by atoms with Crippen LogP contribution in [0, 0.1) is 0 Å². The lowest BCUT2D eigenvalue weighted by molar-refractivity contribution is 0.0943. The molecule has 1 fully saturated rings. The molecule has 0 bridgehead atoms. The molecule has 7 heteroatoms. The summed E-state index contributed by atoms with van der Waals surface area (Å²) in [7, 11) is 0. The second-order valence-electron chi connectivity index (χ2n) is 6.03. The Hall–Kier alpha value is -1.63. The molecular formula is C14H26N6O. The Morgan fingerprint density at radius 2 is 1.67 bits per heavy atom. The van der Waals surface area contributed by atoms with E-state index < -0.39 is 5.60 Å². The maximum absolute atomic E-state index is 9.81. The van der Waals surface area contributed by atoms with Crippen molar-refractivity contribution in [1.82, 2.24) is 15.0 Å². The van der Waals surface area contributed by atoms with Crippen molar-refractivity contribution in [1.29, 1.82) is 0 Å². The van der Waals surface area contributed by atoms with Gasteiger partial charge in [0.25, 0.3) is 0 Å². The number of aliphatic hydroxyl groups is 1. The van der Waals surface area contributed by atoms with Crippen LogP contribution in [0.2, 0.25) is 0 Å². The normalized spacial score (nSPS) is 15.9. The lowest BCUT2D eigenvalue weighted by Gasteiger charge is -2.27. The van der Waals surface area contributed by atoms with Gasteiger partial charge in [0.2, 0.25) is 17.8 Å². The molecule has 1 aromatic heterocycles. The molecule has 0 aliphatic carbocycles. The third-order valence-electron chi connectivity index (χ3n) is 3.28. The standard InChI is InChI=1S/C14H26N6O/c1-4-15-11-17-12(16-10-14(2,3)21)19-13(18-11)20-8-6-5-7-9-20/h21H,4-10H2,1-3H3,(H2,15,16,17,18,19). The Morgan fingerprint density at radius 1 is 1.05 bits per heavy atom. The average Bonchev–Trinajstić information content (AvgIpc) is 2.46. The summed E-state index contributed by atoms with van der Waals surface area (Å²) in [6, 6.07) is 0. The van der Waals surface area contributed by atoms with Gasteiger partial charge in [-0.2, -0.15) is 15.0 Å². The monoisotopic (exact) mass is 294 g/mol. The Labute approximate surface area is 126 Å². The van der Waals surface area contributed by atoms with Crippen molar-refractivity contribution in [3.8, 4) is 0 Å². The maximum Gasteiger partial charge on any atom is 0.231 e. The fourth-order valence-electron chi connectivity index (χ4n) is 2.21. The number of piperidine rings is 1. The van der Waals surface area contributed by atoms with Crippen LogP contribution in [0.4, 0.5) is 17.8 Å². The first-order valence-electron chi connectivity index (χ1n) is 7.69. The van der Waals surface area contributed by atoms with Crippen LogP contribution in [-0.4, -0.2) is 51.8 Å². The molecule has 0 atom stereocenters. The van der Waals surface area contributed by atoms with Gasteiger partial charge in [0.05, 0.1) is 5.60 Å². The number of nitrogens with one attached hydrogen (secondary N) is 2. The SMILES string of the molecule is CCNc1nc(NCC(C)(C)O)nc(N2CCCCC2)n1. The molecule has 2 rings (SSSR count). The summed E-state index contributed by atoms with van der Waals surface area (Å²) in [5.41, 5.74) is -0.809. The van der Waals surface area contributed by atoms with E-state index in [2.05, 4.69) is 30.5 Å². The molecule has 0 spiro atoms. The lowest BCUT2D eigenvalue weighted by atomic mass is 10.1. The predicted molar refractivity (Wildman–Crippen MR) is 84.8 cm³/mol. The molecule has 1 saturated heterocycles. The van der Waals surface area contributed by atoms with E-state index in [0.717, 1.165) is 19.6 Å². The van der Waals surface area contributed by atoms with Gasteiger partial charge in [-0.05, 0) is 40.0 Å². The number of nitrogens with zero attached hydrogens (tertiary/aromatic N) is 4. The van der Waals surface area contributed by atoms with E-state index in [1.54, 1.807) is 13.8 Å². The smallest absolute Gasteiger partial charge is 0.231 e. The van der Waals surface area contributed by atoms with E-state index in [1.807, 2.05) is 6.92 Å². The van der Waals surface area contributed by atoms with Crippen LogP contribution in [0.1, 0.15) is 40.0 Å². The van der Waals surface area contributed by atoms with Crippen molar-refractivity contribution in [3.05, 3.63) is 0 Å². The Kier molecular flexibility index (Phi) is 5.17. The first-order valence-corrected chi connectivity index (χ1v) is 7.69. The van der Waals surface area contributed by atoms with E-state index in [-0.39, 0.29) is 0 Å². The Morgan fingerprint density at radius 3 is 2.24 bits per heavy atom. The summed E-state index contributed by atoms with van der Waals surface area (Å²) >= 11 is 0. The predicted octanol–water partition coefficient (Wildman–Crippen LogP) is 1.48. The van der Waals surface area contributed by atoms with Gasteiger partial charge in [-0.1, -0.05) is 0 Å². The maximum atomic E-state index is 9.81. The molecule has 2 heterocycles. The van der Waals surface area contributed by atoms with Crippen LogP contribution in [-0.2, 0) is 0 Å². The largest absolute Gasteiger partial charge is 0.389 e. The summed E-state index contributed by atoms with van der Waals surface area (Å²) in [6.45, 7) is 8.63. The van der Waals surface area contributed by atoms with E-state index in [4.69, 9.17) is 0 Å². The van der Waals surface area contributed by atoms with Gasteiger partial charge in [-0.3, -0.25) is 0 Å². The zero-order valence-electron chi connectivity index (χ0n) is 13.2. The zero-order valence-corrected chi connectivity index (χ0v) is 13.2. The van der Waals surface area contributed by atoms with Gasteiger partial charge in [-0.15, -0.1) is 0 Å². The molecule has 0 aromatic carbocycles. The minimum Gasteiger partial charge on any atom is -0.389 e. The van der Waals surface area contributed by atoms with Crippen LogP contribution < -0.4 is 15.5 Å². The first-order chi connectivity index (χ1) is 9.98. The summed E-state index contributed by atoms with van der Waals surface area (Å²) in [5, 5.41) is 16.0. The molecule has 118 valence electrons. The average molecular weight is 294 g/mol. The van der Waals surface area contributed by atoms with Crippen molar-refractivity contribution >= 4 is 17.8 Å². The van der Waals surface area contributed by atoms with Gasteiger partial charge in [0.15, 0.2) is 0 Å². The molecule has 21 heavy (non-hydrogen) atoms. The van der Waals surface area contributed by atoms with Gasteiger partial charge in [0, 0.05) is 26.2 Å². The van der Waals surface area contributed by atoms with Crippen LogP contribution in [0.15, 0.2) is 0 Å². The van der Waals surface area contributed by atoms with Crippen molar-refractivity contribution < 1.29 is 5.11 Å². The third kappa shape index (κ3) is 5.00. The molecule has 0 unspecified atom stereocenters. The molecule has 1 aromatic rings. The van der Waals surface area contributed by atoms with Crippen LogP contribution in [0.3, 0.4) is 0 Å². The van der Waals surface area contributed by atoms with Crippen LogP contribution >= 0.6 is 0 Å². The summed E-state index contributed by atoms with van der Waals surface area (Å²) in [6.07, 6.45) is 3.62. The Bertz CT molecular complexity index is 453. The second kappa shape index (κ2) is 6.89. The van der Waals surface area contributed by atoms with E-state index >= 15 is 0 Å². The molecular weight excluding hydrogens is 268 g/mol. The molecule has 0 amide bonds. The quantitative estimate of drug-likeness (QED) is 0.732. The molecule has 7 nitrogen and oxygen atoms in total. The molecule has 3 N–H and O–H groups in total. The minimum absolute atomic E-state index is 0.391. The summed E-state index contributed by atoms with van der Waals surface area (Å²) in [5.74, 6) is 1.79. The van der Waals surface area contributed by atoms with Crippen LogP contribution in [0.25, 0.3) is 0 Å². The number of aromatic nitrogens is 3. The molecule has 1 aliphatic rings. The number of rotatable bonds is 6. The lowest BCUT2D eigenvalue weighted by Crippen LogP contribution is -2.33. The van der Waals surface area contributed by atoms with Gasteiger partial charge in [0.1, 0.15) is 0 Å². The highest BCUT2D eigenvalue weighted by Crippen LogP contribution is 2.18. The van der Waals surface area contributed by atoms with Crippen molar-refractivity contribution in [2.45, 2.75) is 45.6 Å². The number of anilines is 3. The zero-order chi connectivity index (χ0) is 15.3. The van der Waals surface area contributed by atoms with E-state index in [1.165, 1.54) is 19.3 Å². The highest BCUT2D eigenvalue weighted by Gasteiger charge is 2.17. The topological polar surface area (TPSA) is 86.2 Å². The minimum atomic E-state index is -0.809. The van der Waals surface area contributed by atoms with Crippen molar-refractivity contribution in [3.63, 3.8) is 0 Å². The Balaban J connectivity index is 2.16. The highest BCUT2D eigenvalue weighted by molar-refractivity contribution is 5.44.